The number of carbonyl (C=O) groups is 2. The summed E-state index contributed by atoms with van der Waals surface area (Å²) in [5, 5.41) is 9.27. The van der Waals surface area contributed by atoms with Gasteiger partial charge in [-0.25, -0.2) is 0 Å². The summed E-state index contributed by atoms with van der Waals surface area (Å²) in [6.45, 7) is 1.93. The van der Waals surface area contributed by atoms with Crippen molar-refractivity contribution in [2.45, 2.75) is 19.4 Å². The molecule has 5 nitrogen and oxygen atoms in total. The Morgan fingerprint density at radius 3 is 2.48 bits per heavy atom. The van der Waals surface area contributed by atoms with Crippen LogP contribution in [0.15, 0.2) is 78.0 Å². The molecule has 2 N–H and O–H groups in total. The third kappa shape index (κ3) is 3.17. The van der Waals surface area contributed by atoms with Crippen molar-refractivity contribution in [2.24, 2.45) is 11.8 Å². The van der Waals surface area contributed by atoms with Gasteiger partial charge >= 0.3 is 5.97 Å². The summed E-state index contributed by atoms with van der Waals surface area (Å²) in [4.78, 5) is 26.3. The van der Waals surface area contributed by atoms with Crippen LogP contribution in [0.2, 0.25) is 0 Å². The number of fused-ring (bicyclic) bond motifs is 2. The molecule has 0 radical (unpaired) electrons. The Balaban J connectivity index is 1.74. The largest absolute Gasteiger partial charge is 0.468 e. The maximum atomic E-state index is 13.8. The Kier molecular flexibility index (Phi) is 4.74. The van der Waals surface area contributed by atoms with E-state index < -0.39 is 11.9 Å². The first-order chi connectivity index (χ1) is 15.1. The van der Waals surface area contributed by atoms with Crippen LogP contribution in [-0.2, 0) is 14.3 Å². The van der Waals surface area contributed by atoms with E-state index in [0.29, 0.717) is 12.0 Å². The zero-order chi connectivity index (χ0) is 21.5. The fraction of sp³-hybridized carbons (Fsp3) is 0.231. The van der Waals surface area contributed by atoms with Crippen molar-refractivity contribution in [2.75, 3.05) is 17.7 Å². The number of ether oxygens (including phenoxy) is 1. The van der Waals surface area contributed by atoms with Crippen LogP contribution in [0.4, 0.5) is 11.4 Å². The third-order valence-electron chi connectivity index (χ3n) is 6.36. The Bertz CT molecular complexity index is 1220. The standard InChI is InChI=1S/C26H24N2O3/c1-15-14-21-23(25(29)22(15)26(30)31-2)24(28-20-13-6-5-12-19(20)27-21)18-11-7-9-16-8-3-4-10-17(16)18/h3-13,15,22,24,27-28H,14H2,1-2H3/t15-,22+,24+/m1/s1. The van der Waals surface area contributed by atoms with Crippen molar-refractivity contribution < 1.29 is 14.3 Å². The van der Waals surface area contributed by atoms with Crippen molar-refractivity contribution in [3.05, 3.63) is 83.6 Å². The lowest BCUT2D eigenvalue weighted by atomic mass is 9.74. The Morgan fingerprint density at radius 2 is 1.68 bits per heavy atom. The second kappa shape index (κ2) is 7.58. The fourth-order valence-corrected chi connectivity index (χ4v) is 4.87. The molecule has 1 aliphatic carbocycles. The number of Topliss-reactive ketones (excluding diaryl/α,β-unsaturated/α-hetero) is 1. The summed E-state index contributed by atoms with van der Waals surface area (Å²) < 4.78 is 4.99. The normalized spacial score (nSPS) is 22.6. The highest BCUT2D eigenvalue weighted by Crippen LogP contribution is 2.44. The van der Waals surface area contributed by atoms with E-state index in [9.17, 15) is 9.59 Å². The first-order valence-corrected chi connectivity index (χ1v) is 10.5. The maximum Gasteiger partial charge on any atom is 0.316 e. The second-order valence-electron chi connectivity index (χ2n) is 8.26. The van der Waals surface area contributed by atoms with E-state index in [2.05, 4.69) is 34.9 Å². The number of allylic oxidation sites excluding steroid dienone is 1. The quantitative estimate of drug-likeness (QED) is 0.454. The number of methoxy groups -OCH3 is 1. The van der Waals surface area contributed by atoms with Gasteiger partial charge in [0.15, 0.2) is 5.78 Å². The zero-order valence-corrected chi connectivity index (χ0v) is 17.5. The van der Waals surface area contributed by atoms with Crippen molar-refractivity contribution in [3.8, 4) is 0 Å². The topological polar surface area (TPSA) is 67.4 Å². The van der Waals surface area contributed by atoms with Gasteiger partial charge < -0.3 is 15.4 Å². The number of carbonyl (C=O) groups excluding carboxylic acids is 2. The van der Waals surface area contributed by atoms with E-state index in [-0.39, 0.29) is 17.7 Å². The summed E-state index contributed by atoms with van der Waals surface area (Å²) in [6.07, 6.45) is 0.595. The first kappa shape index (κ1) is 19.4. The molecule has 31 heavy (non-hydrogen) atoms. The number of hydrogen-bond acceptors (Lipinski definition) is 5. The van der Waals surface area contributed by atoms with Crippen LogP contribution in [-0.4, -0.2) is 18.9 Å². The van der Waals surface area contributed by atoms with Crippen LogP contribution in [0.1, 0.15) is 24.9 Å². The van der Waals surface area contributed by atoms with Crippen LogP contribution in [0.25, 0.3) is 10.8 Å². The Hall–Kier alpha value is -3.60. The summed E-state index contributed by atoms with van der Waals surface area (Å²) >= 11 is 0. The molecule has 156 valence electrons. The number of para-hydroxylation sites is 2. The summed E-state index contributed by atoms with van der Waals surface area (Å²) in [5.74, 6) is -1.59. The van der Waals surface area contributed by atoms with Crippen LogP contribution in [0.5, 0.6) is 0 Å². The van der Waals surface area contributed by atoms with Gasteiger partial charge in [0.2, 0.25) is 0 Å². The lowest BCUT2D eigenvalue weighted by Crippen LogP contribution is -2.39. The van der Waals surface area contributed by atoms with Crippen molar-refractivity contribution >= 4 is 33.9 Å². The molecule has 3 atom stereocenters. The number of nitrogens with one attached hydrogen (secondary N) is 2. The van der Waals surface area contributed by atoms with E-state index in [4.69, 9.17) is 4.74 Å². The minimum Gasteiger partial charge on any atom is -0.468 e. The summed E-state index contributed by atoms with van der Waals surface area (Å²) in [6, 6.07) is 21.9. The number of anilines is 2. The van der Waals surface area contributed by atoms with Gasteiger partial charge in [-0.2, -0.15) is 0 Å². The number of hydrogen-bond donors (Lipinski definition) is 2. The molecule has 0 aromatic heterocycles. The lowest BCUT2D eigenvalue weighted by Gasteiger charge is -2.32. The maximum absolute atomic E-state index is 13.8. The molecule has 3 aromatic carbocycles. The lowest BCUT2D eigenvalue weighted by molar-refractivity contribution is -0.151. The molecular weight excluding hydrogens is 388 g/mol. The SMILES string of the molecule is COC(=O)[C@@H]1C(=O)C2=C(C[C@H]1C)Nc1ccccc1N[C@H]2c1cccc2ccccc12. The molecule has 2 aliphatic rings. The fourth-order valence-electron chi connectivity index (χ4n) is 4.87. The van der Waals surface area contributed by atoms with Gasteiger partial charge in [0, 0.05) is 11.3 Å². The number of esters is 1. The van der Waals surface area contributed by atoms with Crippen molar-refractivity contribution in [1.29, 1.82) is 0 Å². The highest BCUT2D eigenvalue weighted by Gasteiger charge is 2.44. The molecule has 0 amide bonds. The van der Waals surface area contributed by atoms with E-state index in [1.165, 1.54) is 7.11 Å². The van der Waals surface area contributed by atoms with E-state index in [1.54, 1.807) is 0 Å². The monoisotopic (exact) mass is 412 g/mol. The average molecular weight is 412 g/mol. The van der Waals surface area contributed by atoms with Gasteiger partial charge in [-0.3, -0.25) is 9.59 Å². The number of benzene rings is 3. The molecular formula is C26H24N2O3. The Labute approximate surface area is 181 Å². The minimum absolute atomic E-state index is 0.148. The third-order valence-corrected chi connectivity index (χ3v) is 6.36. The Morgan fingerprint density at radius 1 is 0.968 bits per heavy atom. The van der Waals surface area contributed by atoms with Gasteiger partial charge in [0.25, 0.3) is 0 Å². The van der Waals surface area contributed by atoms with Crippen LogP contribution in [0, 0.1) is 11.8 Å². The van der Waals surface area contributed by atoms with Gasteiger partial charge in [0.05, 0.1) is 24.5 Å². The molecule has 0 fully saturated rings. The molecule has 1 aliphatic heterocycles. The average Bonchev–Trinajstić information content (AvgIpc) is 2.95. The zero-order valence-electron chi connectivity index (χ0n) is 17.5. The van der Waals surface area contributed by atoms with E-state index >= 15 is 0 Å². The number of rotatable bonds is 2. The van der Waals surface area contributed by atoms with Gasteiger partial charge in [-0.05, 0) is 40.8 Å². The summed E-state index contributed by atoms with van der Waals surface area (Å²) in [7, 11) is 1.34. The predicted octanol–water partition coefficient (Wildman–Crippen LogP) is 5.07. The molecule has 3 aromatic rings. The van der Waals surface area contributed by atoms with Gasteiger partial charge in [-0.1, -0.05) is 61.5 Å². The smallest absolute Gasteiger partial charge is 0.316 e. The number of ketones is 1. The van der Waals surface area contributed by atoms with E-state index in [1.807, 2.05) is 49.4 Å². The molecule has 5 heteroatoms. The van der Waals surface area contributed by atoms with Gasteiger partial charge in [0.1, 0.15) is 5.92 Å². The molecule has 5 rings (SSSR count). The molecule has 0 saturated carbocycles. The van der Waals surface area contributed by atoms with Crippen molar-refractivity contribution in [3.63, 3.8) is 0 Å². The summed E-state index contributed by atoms with van der Waals surface area (Å²) in [5.41, 5.74) is 4.34. The van der Waals surface area contributed by atoms with Crippen molar-refractivity contribution in [1.82, 2.24) is 0 Å². The second-order valence-corrected chi connectivity index (χ2v) is 8.26. The van der Waals surface area contributed by atoms with Gasteiger partial charge in [-0.15, -0.1) is 0 Å². The van der Waals surface area contributed by atoms with Crippen LogP contribution >= 0.6 is 0 Å². The molecule has 0 saturated heterocycles. The molecule has 0 spiro atoms. The highest BCUT2D eigenvalue weighted by atomic mass is 16.5. The molecule has 0 unspecified atom stereocenters. The minimum atomic E-state index is -0.800. The predicted molar refractivity (Wildman–Crippen MR) is 122 cm³/mol. The molecule has 1 heterocycles. The van der Waals surface area contributed by atoms with E-state index in [0.717, 1.165) is 33.4 Å². The highest BCUT2D eigenvalue weighted by molar-refractivity contribution is 6.12. The van der Waals surface area contributed by atoms with Crippen LogP contribution < -0.4 is 10.6 Å². The first-order valence-electron chi connectivity index (χ1n) is 10.5. The molecule has 0 bridgehead atoms. The van der Waals surface area contributed by atoms with Crippen LogP contribution in [0.3, 0.4) is 0 Å².